The second-order valence-electron chi connectivity index (χ2n) is 9.26. The summed E-state index contributed by atoms with van der Waals surface area (Å²) in [4.78, 5) is 13.2. The number of halogens is 3. The predicted molar refractivity (Wildman–Crippen MR) is 117 cm³/mol. The number of alkyl halides is 3. The molecule has 33 heavy (non-hydrogen) atoms. The van der Waals surface area contributed by atoms with E-state index in [9.17, 15) is 23.2 Å². The summed E-state index contributed by atoms with van der Waals surface area (Å²) in [6, 6.07) is 11.8. The molecule has 2 fully saturated rings. The minimum Gasteiger partial charge on any atom is -0.456 e. The Hall–Kier alpha value is -3.05. The molecule has 3 aromatic rings. The van der Waals surface area contributed by atoms with E-state index in [2.05, 4.69) is 16.7 Å². The number of carbonyl (C=O) groups excluding carboxylic acids is 1. The normalized spacial score (nSPS) is 20.3. The van der Waals surface area contributed by atoms with Crippen molar-refractivity contribution in [2.45, 2.75) is 68.2 Å². The van der Waals surface area contributed by atoms with E-state index >= 15 is 0 Å². The van der Waals surface area contributed by atoms with Gasteiger partial charge in [0, 0.05) is 10.8 Å². The Morgan fingerprint density at radius 3 is 2.36 bits per heavy atom. The number of benzene rings is 2. The third-order valence-corrected chi connectivity index (χ3v) is 6.94. The van der Waals surface area contributed by atoms with Gasteiger partial charge in [-0.3, -0.25) is 10.1 Å². The highest BCUT2D eigenvalue weighted by molar-refractivity contribution is 6.04. The highest BCUT2D eigenvalue weighted by atomic mass is 19.4. The molecule has 5 rings (SSSR count). The lowest BCUT2D eigenvalue weighted by molar-refractivity contribution is -0.166. The van der Waals surface area contributed by atoms with Gasteiger partial charge in [-0.05, 0) is 43.4 Å². The first-order valence-corrected chi connectivity index (χ1v) is 11.2. The number of carbonyl (C=O) groups is 1. The van der Waals surface area contributed by atoms with Gasteiger partial charge in [-0.25, -0.2) is 0 Å². The van der Waals surface area contributed by atoms with Crippen molar-refractivity contribution >= 4 is 27.8 Å². The number of rotatable bonds is 5. The Morgan fingerprint density at radius 1 is 1.00 bits per heavy atom. The third kappa shape index (κ3) is 3.95. The number of furan rings is 1. The van der Waals surface area contributed by atoms with E-state index in [0.29, 0.717) is 49.7 Å². The van der Waals surface area contributed by atoms with Crippen molar-refractivity contribution in [3.8, 4) is 6.07 Å². The first-order valence-electron chi connectivity index (χ1n) is 11.2. The van der Waals surface area contributed by atoms with Crippen LogP contribution in [0.4, 0.5) is 13.2 Å². The van der Waals surface area contributed by atoms with Crippen LogP contribution in [-0.4, -0.2) is 23.2 Å². The zero-order valence-corrected chi connectivity index (χ0v) is 18.0. The minimum absolute atomic E-state index is 0.00628. The van der Waals surface area contributed by atoms with Crippen LogP contribution in [0.15, 0.2) is 46.9 Å². The van der Waals surface area contributed by atoms with E-state index in [-0.39, 0.29) is 5.56 Å². The van der Waals surface area contributed by atoms with Crippen LogP contribution in [0.3, 0.4) is 0 Å². The largest absolute Gasteiger partial charge is 0.456 e. The van der Waals surface area contributed by atoms with E-state index in [1.54, 1.807) is 12.1 Å². The smallest absolute Gasteiger partial charge is 0.407 e. The molecule has 2 saturated carbocycles. The maximum Gasteiger partial charge on any atom is 0.407 e. The zero-order chi connectivity index (χ0) is 23.3. The number of nitriles is 1. The van der Waals surface area contributed by atoms with Crippen molar-refractivity contribution in [1.29, 1.82) is 5.26 Å². The summed E-state index contributed by atoms with van der Waals surface area (Å²) in [5.41, 5.74) is -1.35. The van der Waals surface area contributed by atoms with Crippen molar-refractivity contribution in [2.75, 3.05) is 0 Å². The van der Waals surface area contributed by atoms with Crippen molar-refractivity contribution in [3.63, 3.8) is 0 Å². The fourth-order valence-corrected chi connectivity index (χ4v) is 4.87. The summed E-state index contributed by atoms with van der Waals surface area (Å²) in [6.07, 6.45) is -0.841. The molecule has 2 N–H and O–H groups in total. The van der Waals surface area contributed by atoms with Crippen molar-refractivity contribution < 1.29 is 22.4 Å². The molecule has 0 spiro atoms. The second-order valence-corrected chi connectivity index (χ2v) is 9.26. The van der Waals surface area contributed by atoms with Gasteiger partial charge < -0.3 is 9.73 Å². The quantitative estimate of drug-likeness (QED) is 0.521. The minimum atomic E-state index is -4.63. The molecule has 0 bridgehead atoms. The highest BCUT2D eigenvalue weighted by Gasteiger charge is 2.52. The summed E-state index contributed by atoms with van der Waals surface area (Å²) in [6.45, 7) is 0. The number of amides is 1. The molecule has 2 aromatic carbocycles. The molecule has 2 aliphatic rings. The van der Waals surface area contributed by atoms with Gasteiger partial charge >= 0.3 is 6.18 Å². The number of nitrogens with zero attached hydrogens (tertiary/aromatic N) is 1. The van der Waals surface area contributed by atoms with Gasteiger partial charge in [0.15, 0.2) is 0 Å². The maximum atomic E-state index is 14.3. The lowest BCUT2D eigenvalue weighted by atomic mass is 9.79. The summed E-state index contributed by atoms with van der Waals surface area (Å²) >= 11 is 0. The van der Waals surface area contributed by atoms with E-state index in [4.69, 9.17) is 4.42 Å². The first-order chi connectivity index (χ1) is 15.8. The van der Waals surface area contributed by atoms with Crippen LogP contribution in [0.1, 0.15) is 56.6 Å². The number of fused-ring (bicyclic) bond motifs is 3. The highest BCUT2D eigenvalue weighted by Crippen LogP contribution is 2.41. The Labute approximate surface area is 188 Å². The molecular formula is C25H24F3N3O2. The average Bonchev–Trinajstić information content (AvgIpc) is 3.48. The lowest BCUT2D eigenvalue weighted by Crippen LogP contribution is -2.62. The van der Waals surface area contributed by atoms with Gasteiger partial charge in [-0.2, -0.15) is 18.4 Å². The molecule has 172 valence electrons. The molecule has 1 amide bonds. The topological polar surface area (TPSA) is 78.1 Å². The monoisotopic (exact) mass is 455 g/mol. The standard InChI is InChI=1S/C25H24F3N3O2/c26-25(27,28)21(16-8-9-18-17-6-2-3-7-19(17)33-20(18)14-16)30-24(10-4-1-5-11-24)22(32)31-23(15-29)12-13-23/h2-3,6-9,14,21,30H,1,4-5,10-13H2,(H,31,32). The predicted octanol–water partition coefficient (Wildman–Crippen LogP) is 5.65. The summed E-state index contributed by atoms with van der Waals surface area (Å²) < 4.78 is 48.8. The van der Waals surface area contributed by atoms with Crippen LogP contribution >= 0.6 is 0 Å². The van der Waals surface area contributed by atoms with Crippen LogP contribution < -0.4 is 10.6 Å². The van der Waals surface area contributed by atoms with E-state index < -0.39 is 29.2 Å². The molecule has 0 saturated heterocycles. The maximum absolute atomic E-state index is 14.3. The SMILES string of the molecule is N#CC1(NC(=O)C2(NC(c3ccc4c(c3)oc3ccccc34)C(F)(F)F)CCCCC2)CC1. The fourth-order valence-electron chi connectivity index (χ4n) is 4.87. The number of nitrogens with one attached hydrogen (secondary N) is 2. The molecular weight excluding hydrogens is 431 g/mol. The Kier molecular flexibility index (Phi) is 5.13. The molecule has 1 atom stereocenters. The van der Waals surface area contributed by atoms with Crippen molar-refractivity contribution in [3.05, 3.63) is 48.0 Å². The number of hydrogen-bond acceptors (Lipinski definition) is 4. The van der Waals surface area contributed by atoms with E-state index in [1.165, 1.54) is 12.1 Å². The Balaban J connectivity index is 1.52. The summed E-state index contributed by atoms with van der Waals surface area (Å²) in [5.74, 6) is -0.514. The summed E-state index contributed by atoms with van der Waals surface area (Å²) in [7, 11) is 0. The van der Waals surface area contributed by atoms with Crippen LogP contribution in [0.5, 0.6) is 0 Å². The van der Waals surface area contributed by atoms with Crippen molar-refractivity contribution in [1.82, 2.24) is 10.6 Å². The lowest BCUT2D eigenvalue weighted by Gasteiger charge is -2.40. The molecule has 1 unspecified atom stereocenters. The molecule has 0 aliphatic heterocycles. The van der Waals surface area contributed by atoms with E-state index in [0.717, 1.165) is 17.2 Å². The third-order valence-electron chi connectivity index (χ3n) is 6.94. The Morgan fingerprint density at radius 2 is 1.70 bits per heavy atom. The Bertz CT molecular complexity index is 1250. The van der Waals surface area contributed by atoms with Crippen LogP contribution in [0.25, 0.3) is 21.9 Å². The fraction of sp³-hybridized carbons (Fsp3) is 0.440. The van der Waals surface area contributed by atoms with Crippen LogP contribution in [0.2, 0.25) is 0 Å². The van der Waals surface area contributed by atoms with E-state index in [1.807, 2.05) is 18.2 Å². The molecule has 5 nitrogen and oxygen atoms in total. The van der Waals surface area contributed by atoms with Crippen LogP contribution in [-0.2, 0) is 4.79 Å². The van der Waals surface area contributed by atoms with Gasteiger partial charge in [-0.1, -0.05) is 49.6 Å². The number of para-hydroxylation sites is 1. The van der Waals surface area contributed by atoms with Crippen LogP contribution in [0, 0.1) is 11.3 Å². The van der Waals surface area contributed by atoms with Gasteiger partial charge in [-0.15, -0.1) is 0 Å². The average molecular weight is 455 g/mol. The second kappa shape index (κ2) is 7.77. The van der Waals surface area contributed by atoms with Gasteiger partial charge in [0.2, 0.25) is 5.91 Å². The van der Waals surface area contributed by atoms with Gasteiger partial charge in [0.25, 0.3) is 0 Å². The molecule has 0 radical (unpaired) electrons. The molecule has 1 aromatic heterocycles. The number of hydrogen-bond donors (Lipinski definition) is 2. The first kappa shape index (κ1) is 21.8. The van der Waals surface area contributed by atoms with Gasteiger partial charge in [0.1, 0.15) is 22.7 Å². The summed E-state index contributed by atoms with van der Waals surface area (Å²) in [5, 5.41) is 16.4. The molecule has 1 heterocycles. The zero-order valence-electron chi connectivity index (χ0n) is 18.0. The molecule has 2 aliphatic carbocycles. The van der Waals surface area contributed by atoms with Gasteiger partial charge in [0.05, 0.1) is 11.6 Å². The van der Waals surface area contributed by atoms with Crippen molar-refractivity contribution in [2.24, 2.45) is 0 Å². The molecule has 8 heteroatoms.